The van der Waals surface area contributed by atoms with Gasteiger partial charge in [-0.1, -0.05) is 22.0 Å². The van der Waals surface area contributed by atoms with Crippen LogP contribution in [0.4, 0.5) is 14.5 Å². The van der Waals surface area contributed by atoms with Gasteiger partial charge in [-0.05, 0) is 55.3 Å². The fourth-order valence-corrected chi connectivity index (χ4v) is 2.61. The van der Waals surface area contributed by atoms with Gasteiger partial charge < -0.3 is 5.32 Å². The van der Waals surface area contributed by atoms with E-state index in [1.807, 2.05) is 6.92 Å². The summed E-state index contributed by atoms with van der Waals surface area (Å²) in [7, 11) is 0. The van der Waals surface area contributed by atoms with Crippen LogP contribution >= 0.6 is 15.9 Å². The highest BCUT2D eigenvalue weighted by molar-refractivity contribution is 9.10. The Hall–Kier alpha value is -1.42. The molecule has 0 amide bonds. The summed E-state index contributed by atoms with van der Waals surface area (Å²) in [6.45, 7) is 3.69. The monoisotopic (exact) mass is 325 g/mol. The molecule has 0 saturated heterocycles. The molecule has 0 aliphatic heterocycles. The van der Waals surface area contributed by atoms with Gasteiger partial charge in [0.25, 0.3) is 0 Å². The van der Waals surface area contributed by atoms with Crippen LogP contribution in [0.25, 0.3) is 0 Å². The van der Waals surface area contributed by atoms with E-state index in [9.17, 15) is 8.78 Å². The molecule has 2 rings (SSSR count). The zero-order valence-corrected chi connectivity index (χ0v) is 12.3. The van der Waals surface area contributed by atoms with Crippen LogP contribution in [-0.4, -0.2) is 0 Å². The molecule has 1 N–H and O–H groups in total. The summed E-state index contributed by atoms with van der Waals surface area (Å²) in [6, 6.07) is 9.45. The number of halogens is 3. The molecule has 0 radical (unpaired) electrons. The van der Waals surface area contributed by atoms with E-state index in [1.54, 1.807) is 25.1 Å². The second-order valence-electron chi connectivity index (χ2n) is 4.50. The number of rotatable bonds is 3. The van der Waals surface area contributed by atoms with Crippen molar-refractivity contribution in [2.75, 3.05) is 5.32 Å². The van der Waals surface area contributed by atoms with Crippen LogP contribution in [-0.2, 0) is 0 Å². The summed E-state index contributed by atoms with van der Waals surface area (Å²) in [4.78, 5) is 0. The topological polar surface area (TPSA) is 12.0 Å². The lowest BCUT2D eigenvalue weighted by Gasteiger charge is -2.17. The largest absolute Gasteiger partial charge is 0.378 e. The van der Waals surface area contributed by atoms with Gasteiger partial charge in [-0.2, -0.15) is 0 Å². The first-order valence-electron chi connectivity index (χ1n) is 5.95. The summed E-state index contributed by atoms with van der Waals surface area (Å²) in [5, 5.41) is 3.27. The van der Waals surface area contributed by atoms with Crippen molar-refractivity contribution in [3.8, 4) is 0 Å². The molecule has 0 spiro atoms. The number of nitrogens with one attached hydrogen (secondary N) is 1. The molecule has 0 heterocycles. The highest BCUT2D eigenvalue weighted by atomic mass is 79.9. The van der Waals surface area contributed by atoms with Gasteiger partial charge in [0.1, 0.15) is 11.6 Å². The fraction of sp³-hybridized carbons (Fsp3) is 0.200. The Morgan fingerprint density at radius 3 is 2.47 bits per heavy atom. The third-order valence-electron chi connectivity index (χ3n) is 2.97. The maximum Gasteiger partial charge on any atom is 0.126 e. The Balaban J connectivity index is 2.20. The van der Waals surface area contributed by atoms with Crippen molar-refractivity contribution in [3.05, 3.63) is 63.6 Å². The van der Waals surface area contributed by atoms with E-state index in [0.717, 1.165) is 11.3 Å². The van der Waals surface area contributed by atoms with Crippen molar-refractivity contribution in [2.45, 2.75) is 19.9 Å². The van der Waals surface area contributed by atoms with E-state index in [2.05, 4.69) is 21.2 Å². The first kappa shape index (κ1) is 14.0. The molecule has 0 bridgehead atoms. The van der Waals surface area contributed by atoms with E-state index in [0.29, 0.717) is 10.0 Å². The van der Waals surface area contributed by atoms with Gasteiger partial charge in [0.05, 0.1) is 0 Å². The summed E-state index contributed by atoms with van der Waals surface area (Å²) in [6.07, 6.45) is 0. The van der Waals surface area contributed by atoms with Gasteiger partial charge in [-0.25, -0.2) is 8.78 Å². The van der Waals surface area contributed by atoms with Crippen LogP contribution < -0.4 is 5.32 Å². The molecule has 2 aromatic carbocycles. The number of hydrogen-bond donors (Lipinski definition) is 1. The van der Waals surface area contributed by atoms with Crippen molar-refractivity contribution < 1.29 is 8.78 Å². The minimum atomic E-state index is -0.277. The van der Waals surface area contributed by atoms with Crippen molar-refractivity contribution in [1.29, 1.82) is 0 Å². The van der Waals surface area contributed by atoms with Crippen molar-refractivity contribution in [1.82, 2.24) is 0 Å². The van der Waals surface area contributed by atoms with Crippen LogP contribution in [0.2, 0.25) is 0 Å². The number of benzene rings is 2. The predicted octanol–water partition coefficient (Wildman–Crippen LogP) is 5.21. The molecular formula is C15H14BrF2N. The summed E-state index contributed by atoms with van der Waals surface area (Å²) in [5.41, 5.74) is 2.38. The summed E-state index contributed by atoms with van der Waals surface area (Å²) in [5.74, 6) is -0.499. The molecule has 0 saturated carbocycles. The van der Waals surface area contributed by atoms with E-state index in [1.165, 1.54) is 18.2 Å². The number of aryl methyl sites for hydroxylation is 1. The van der Waals surface area contributed by atoms with E-state index in [4.69, 9.17) is 0 Å². The number of hydrogen-bond acceptors (Lipinski definition) is 1. The molecule has 2 aromatic rings. The van der Waals surface area contributed by atoms with Crippen LogP contribution in [0.5, 0.6) is 0 Å². The second-order valence-corrected chi connectivity index (χ2v) is 5.35. The maximum absolute atomic E-state index is 13.2. The van der Waals surface area contributed by atoms with Gasteiger partial charge in [-0.3, -0.25) is 0 Å². The van der Waals surface area contributed by atoms with Crippen LogP contribution in [0, 0.1) is 18.6 Å². The minimum absolute atomic E-state index is 0.0140. The Morgan fingerprint density at radius 2 is 1.84 bits per heavy atom. The Kier molecular flexibility index (Phi) is 4.20. The van der Waals surface area contributed by atoms with Crippen molar-refractivity contribution >= 4 is 21.6 Å². The Morgan fingerprint density at radius 1 is 1.11 bits per heavy atom. The summed E-state index contributed by atoms with van der Waals surface area (Å²) < 4.78 is 26.9. The van der Waals surface area contributed by atoms with E-state index >= 15 is 0 Å². The molecule has 0 fully saturated rings. The van der Waals surface area contributed by atoms with Gasteiger partial charge in [0.2, 0.25) is 0 Å². The second kappa shape index (κ2) is 5.70. The Bertz CT molecular complexity index is 599. The summed E-state index contributed by atoms with van der Waals surface area (Å²) >= 11 is 3.35. The minimum Gasteiger partial charge on any atom is -0.378 e. The van der Waals surface area contributed by atoms with Gasteiger partial charge in [0, 0.05) is 16.2 Å². The molecule has 0 aromatic heterocycles. The lowest BCUT2D eigenvalue weighted by atomic mass is 10.1. The molecule has 1 unspecified atom stereocenters. The molecule has 4 heteroatoms. The van der Waals surface area contributed by atoms with Gasteiger partial charge in [-0.15, -0.1) is 0 Å². The van der Waals surface area contributed by atoms with Gasteiger partial charge in [0.15, 0.2) is 0 Å². The van der Waals surface area contributed by atoms with E-state index < -0.39 is 0 Å². The van der Waals surface area contributed by atoms with Crippen molar-refractivity contribution in [3.63, 3.8) is 0 Å². The number of anilines is 1. The zero-order chi connectivity index (χ0) is 14.0. The highest BCUT2D eigenvalue weighted by Gasteiger charge is 2.10. The lowest BCUT2D eigenvalue weighted by Crippen LogP contribution is -2.07. The zero-order valence-electron chi connectivity index (χ0n) is 10.7. The van der Waals surface area contributed by atoms with E-state index in [-0.39, 0.29) is 17.7 Å². The maximum atomic E-state index is 13.2. The smallest absolute Gasteiger partial charge is 0.126 e. The normalized spacial score (nSPS) is 12.3. The third-order valence-corrected chi connectivity index (χ3v) is 3.66. The average molecular weight is 326 g/mol. The molecule has 100 valence electrons. The quantitative estimate of drug-likeness (QED) is 0.816. The first-order chi connectivity index (χ1) is 8.97. The van der Waals surface area contributed by atoms with Crippen molar-refractivity contribution in [2.24, 2.45) is 0 Å². The lowest BCUT2D eigenvalue weighted by molar-refractivity contribution is 0.618. The van der Waals surface area contributed by atoms with Crippen LogP contribution in [0.3, 0.4) is 0 Å². The predicted molar refractivity (Wildman–Crippen MR) is 77.3 cm³/mol. The third kappa shape index (κ3) is 3.32. The fourth-order valence-electron chi connectivity index (χ4n) is 1.91. The first-order valence-corrected chi connectivity index (χ1v) is 6.74. The van der Waals surface area contributed by atoms with Crippen LogP contribution in [0.1, 0.15) is 24.1 Å². The average Bonchev–Trinajstić information content (AvgIpc) is 2.33. The molecule has 19 heavy (non-hydrogen) atoms. The van der Waals surface area contributed by atoms with Gasteiger partial charge >= 0.3 is 0 Å². The molecule has 0 aliphatic rings. The Labute approximate surface area is 119 Å². The molecular weight excluding hydrogens is 312 g/mol. The molecule has 1 atom stereocenters. The standard InChI is InChI=1S/C15H14BrF2N/c1-9-7-12(4-6-15(9)18)19-10(2)13-5-3-11(17)8-14(13)16/h3-8,10,19H,1-2H3. The molecule has 0 aliphatic carbocycles. The molecule has 1 nitrogen and oxygen atoms in total. The van der Waals surface area contributed by atoms with Crippen LogP contribution in [0.15, 0.2) is 40.9 Å². The SMILES string of the molecule is Cc1cc(NC(C)c2ccc(F)cc2Br)ccc1F. The highest BCUT2D eigenvalue weighted by Crippen LogP contribution is 2.27.